The van der Waals surface area contributed by atoms with Crippen LogP contribution in [0.4, 0.5) is 4.39 Å². The minimum atomic E-state index is -3.79. The summed E-state index contributed by atoms with van der Waals surface area (Å²) in [5, 5.41) is 0. The van der Waals surface area contributed by atoms with E-state index in [0.29, 0.717) is 12.8 Å². The van der Waals surface area contributed by atoms with E-state index in [4.69, 9.17) is 0 Å². The Labute approximate surface area is 99.1 Å². The molecule has 0 unspecified atom stereocenters. The fraction of sp³-hybridized carbons (Fsp3) is 0.364. The highest BCUT2D eigenvalue weighted by molar-refractivity contribution is 7.89. The van der Waals surface area contributed by atoms with Crippen LogP contribution in [-0.2, 0) is 14.8 Å². The molecule has 0 N–H and O–H groups in total. The third-order valence-electron chi connectivity index (χ3n) is 2.74. The summed E-state index contributed by atoms with van der Waals surface area (Å²) in [6.07, 6.45) is 2.80. The maximum Gasteiger partial charge on any atom is 0.243 e. The SMILES string of the molecule is O=[C][C@@H]1CCCN1S(=O)(=O)c1cccc(F)c1. The molecular formula is C11H11FNO3S. The van der Waals surface area contributed by atoms with Crippen LogP contribution < -0.4 is 0 Å². The van der Waals surface area contributed by atoms with Gasteiger partial charge in [0.05, 0.1) is 10.9 Å². The van der Waals surface area contributed by atoms with Gasteiger partial charge in [0.15, 0.2) is 0 Å². The average molecular weight is 256 g/mol. The smallest absolute Gasteiger partial charge is 0.243 e. The van der Waals surface area contributed by atoms with Crippen molar-refractivity contribution in [1.29, 1.82) is 0 Å². The Hall–Kier alpha value is -1.27. The summed E-state index contributed by atoms with van der Waals surface area (Å²) >= 11 is 0. The number of hydrogen-bond donors (Lipinski definition) is 0. The molecule has 1 aliphatic rings. The number of halogens is 1. The molecule has 4 nitrogen and oxygen atoms in total. The molecule has 0 aliphatic carbocycles. The summed E-state index contributed by atoms with van der Waals surface area (Å²) in [6.45, 7) is 0.277. The Morgan fingerprint density at radius 1 is 1.41 bits per heavy atom. The van der Waals surface area contributed by atoms with Crippen molar-refractivity contribution in [1.82, 2.24) is 4.31 Å². The normalized spacial score (nSPS) is 21.6. The van der Waals surface area contributed by atoms with E-state index in [1.54, 1.807) is 6.29 Å². The van der Waals surface area contributed by atoms with Gasteiger partial charge >= 0.3 is 0 Å². The molecule has 0 spiro atoms. The summed E-state index contributed by atoms with van der Waals surface area (Å²) in [5.41, 5.74) is 0. The van der Waals surface area contributed by atoms with Gasteiger partial charge in [-0.05, 0) is 31.0 Å². The fourth-order valence-electron chi connectivity index (χ4n) is 1.91. The Balaban J connectivity index is 2.39. The molecule has 1 saturated heterocycles. The summed E-state index contributed by atoms with van der Waals surface area (Å²) in [7, 11) is -3.79. The lowest BCUT2D eigenvalue weighted by Gasteiger charge is -2.19. The fourth-order valence-corrected chi connectivity index (χ4v) is 3.54. The van der Waals surface area contributed by atoms with Crippen molar-refractivity contribution in [2.24, 2.45) is 0 Å². The molecule has 1 heterocycles. The molecule has 91 valence electrons. The summed E-state index contributed by atoms with van der Waals surface area (Å²) in [5.74, 6) is -0.614. The first kappa shape index (κ1) is 12.2. The van der Waals surface area contributed by atoms with Gasteiger partial charge in [-0.1, -0.05) is 6.07 Å². The highest BCUT2D eigenvalue weighted by Crippen LogP contribution is 2.25. The van der Waals surface area contributed by atoms with E-state index in [2.05, 4.69) is 0 Å². The van der Waals surface area contributed by atoms with Crippen LogP contribution in [0.15, 0.2) is 29.2 Å². The molecule has 0 amide bonds. The van der Waals surface area contributed by atoms with Crippen molar-refractivity contribution in [3.63, 3.8) is 0 Å². The lowest BCUT2D eigenvalue weighted by atomic mass is 10.2. The lowest BCUT2D eigenvalue weighted by molar-refractivity contribution is 0.426. The van der Waals surface area contributed by atoms with Crippen LogP contribution in [0.1, 0.15) is 12.8 Å². The van der Waals surface area contributed by atoms with Gasteiger partial charge in [-0.2, -0.15) is 4.31 Å². The third-order valence-corrected chi connectivity index (χ3v) is 4.65. The first-order chi connectivity index (χ1) is 8.05. The van der Waals surface area contributed by atoms with Gasteiger partial charge in [-0.25, -0.2) is 12.8 Å². The van der Waals surface area contributed by atoms with Crippen LogP contribution in [0.25, 0.3) is 0 Å². The van der Waals surface area contributed by atoms with Crippen LogP contribution in [0.5, 0.6) is 0 Å². The predicted molar refractivity (Wildman–Crippen MR) is 59.0 cm³/mol. The Kier molecular flexibility index (Phi) is 3.26. The summed E-state index contributed by atoms with van der Waals surface area (Å²) < 4.78 is 38.4. The van der Waals surface area contributed by atoms with Crippen molar-refractivity contribution in [3.8, 4) is 0 Å². The number of hydrogen-bond acceptors (Lipinski definition) is 3. The third kappa shape index (κ3) is 2.23. The van der Waals surface area contributed by atoms with Gasteiger partial charge in [0.2, 0.25) is 16.3 Å². The zero-order chi connectivity index (χ0) is 12.5. The van der Waals surface area contributed by atoms with E-state index in [-0.39, 0.29) is 11.4 Å². The van der Waals surface area contributed by atoms with Gasteiger partial charge in [0, 0.05) is 6.54 Å². The number of rotatable bonds is 3. The maximum atomic E-state index is 13.0. The monoisotopic (exact) mass is 256 g/mol. The predicted octanol–water partition coefficient (Wildman–Crippen LogP) is 1.09. The van der Waals surface area contributed by atoms with Crippen molar-refractivity contribution < 1.29 is 17.6 Å². The van der Waals surface area contributed by atoms with E-state index in [1.807, 2.05) is 0 Å². The molecule has 0 saturated carbocycles. The molecule has 1 aromatic rings. The van der Waals surface area contributed by atoms with Crippen LogP contribution in [0.2, 0.25) is 0 Å². The summed E-state index contributed by atoms with van der Waals surface area (Å²) in [4.78, 5) is 10.5. The first-order valence-corrected chi connectivity index (χ1v) is 6.65. The topological polar surface area (TPSA) is 54.5 Å². The molecule has 1 aliphatic heterocycles. The highest BCUT2D eigenvalue weighted by Gasteiger charge is 2.35. The molecule has 17 heavy (non-hydrogen) atoms. The van der Waals surface area contributed by atoms with Crippen molar-refractivity contribution in [3.05, 3.63) is 30.1 Å². The molecular weight excluding hydrogens is 245 g/mol. The first-order valence-electron chi connectivity index (χ1n) is 5.21. The number of nitrogens with zero attached hydrogens (tertiary/aromatic N) is 1. The lowest BCUT2D eigenvalue weighted by Crippen LogP contribution is -2.36. The largest absolute Gasteiger partial charge is 0.289 e. The zero-order valence-electron chi connectivity index (χ0n) is 8.97. The molecule has 0 aromatic heterocycles. The molecule has 1 radical (unpaired) electrons. The van der Waals surface area contributed by atoms with Gasteiger partial charge < -0.3 is 0 Å². The Morgan fingerprint density at radius 2 is 2.18 bits per heavy atom. The second-order valence-corrected chi connectivity index (χ2v) is 5.74. The number of benzene rings is 1. The molecule has 1 fully saturated rings. The highest BCUT2D eigenvalue weighted by atomic mass is 32.2. The number of sulfonamides is 1. The van der Waals surface area contributed by atoms with Crippen LogP contribution in [-0.4, -0.2) is 31.6 Å². The minimum Gasteiger partial charge on any atom is -0.289 e. The van der Waals surface area contributed by atoms with E-state index >= 15 is 0 Å². The Morgan fingerprint density at radius 3 is 2.82 bits per heavy atom. The maximum absolute atomic E-state index is 13.0. The van der Waals surface area contributed by atoms with Gasteiger partial charge in [0.1, 0.15) is 5.82 Å². The van der Waals surface area contributed by atoms with E-state index in [9.17, 15) is 17.6 Å². The minimum absolute atomic E-state index is 0.125. The van der Waals surface area contributed by atoms with Crippen molar-refractivity contribution >= 4 is 16.3 Å². The molecule has 6 heteroatoms. The molecule has 1 atom stereocenters. The van der Waals surface area contributed by atoms with Gasteiger partial charge in [-0.15, -0.1) is 0 Å². The second-order valence-electron chi connectivity index (χ2n) is 3.85. The Bertz CT molecular complexity index is 529. The van der Waals surface area contributed by atoms with Crippen LogP contribution in [0.3, 0.4) is 0 Å². The number of carbonyl (C=O) groups excluding carboxylic acids is 1. The van der Waals surface area contributed by atoms with Crippen molar-refractivity contribution in [2.75, 3.05) is 6.54 Å². The average Bonchev–Trinajstić information content (AvgIpc) is 2.77. The van der Waals surface area contributed by atoms with Crippen LogP contribution >= 0.6 is 0 Å². The standard InChI is InChI=1S/C11H11FNO3S/c12-9-3-1-5-11(7-9)17(15,16)13-6-2-4-10(13)8-14/h1,3,5,7,10H,2,4,6H2/t10-/m0/s1. The van der Waals surface area contributed by atoms with E-state index in [0.717, 1.165) is 10.4 Å². The molecule has 0 bridgehead atoms. The quantitative estimate of drug-likeness (QED) is 0.813. The van der Waals surface area contributed by atoms with Crippen molar-refractivity contribution in [2.45, 2.75) is 23.8 Å². The summed E-state index contributed by atoms with van der Waals surface area (Å²) in [6, 6.07) is 4.03. The molecule has 1 aromatic carbocycles. The van der Waals surface area contributed by atoms with Crippen LogP contribution in [0, 0.1) is 5.82 Å². The zero-order valence-corrected chi connectivity index (χ0v) is 9.78. The van der Waals surface area contributed by atoms with Gasteiger partial charge in [0.25, 0.3) is 0 Å². The van der Waals surface area contributed by atoms with E-state index < -0.39 is 21.9 Å². The van der Waals surface area contributed by atoms with Gasteiger partial charge in [-0.3, -0.25) is 4.79 Å². The molecule has 2 rings (SSSR count). The second kappa shape index (κ2) is 4.54. The van der Waals surface area contributed by atoms with E-state index in [1.165, 1.54) is 18.2 Å².